The standard InChI is InChI=1S/C20H25N/c1-2-18-10-6-7-11-20(18)19-12-14-21(15-13-19)16-17-8-4-3-5-9-17/h3-11,19H,2,12-16H2,1H3. The molecule has 1 aliphatic rings. The van der Waals surface area contributed by atoms with Gasteiger partial charge in [0.25, 0.3) is 0 Å². The Balaban J connectivity index is 1.60. The van der Waals surface area contributed by atoms with Gasteiger partial charge in [-0.2, -0.15) is 0 Å². The van der Waals surface area contributed by atoms with Gasteiger partial charge in [-0.25, -0.2) is 0 Å². The Kier molecular flexibility index (Phi) is 4.72. The third-order valence-corrected chi connectivity index (χ3v) is 4.71. The van der Waals surface area contributed by atoms with Crippen LogP contribution in [0.3, 0.4) is 0 Å². The lowest BCUT2D eigenvalue weighted by Gasteiger charge is -2.33. The van der Waals surface area contributed by atoms with Crippen molar-refractivity contribution in [2.45, 2.75) is 38.6 Å². The molecule has 0 unspecified atom stereocenters. The van der Waals surface area contributed by atoms with E-state index in [0.29, 0.717) is 0 Å². The van der Waals surface area contributed by atoms with Gasteiger partial charge in [0.2, 0.25) is 0 Å². The quantitative estimate of drug-likeness (QED) is 0.789. The summed E-state index contributed by atoms with van der Waals surface area (Å²) >= 11 is 0. The first-order valence-corrected chi connectivity index (χ1v) is 8.21. The number of benzene rings is 2. The fourth-order valence-corrected chi connectivity index (χ4v) is 3.50. The molecule has 1 nitrogen and oxygen atoms in total. The van der Waals surface area contributed by atoms with Crippen LogP contribution in [0.2, 0.25) is 0 Å². The lowest BCUT2D eigenvalue weighted by Crippen LogP contribution is -2.32. The first-order chi connectivity index (χ1) is 10.4. The van der Waals surface area contributed by atoms with Crippen molar-refractivity contribution < 1.29 is 0 Å². The summed E-state index contributed by atoms with van der Waals surface area (Å²) in [4.78, 5) is 2.60. The largest absolute Gasteiger partial charge is 0.299 e. The van der Waals surface area contributed by atoms with Crippen LogP contribution in [0.25, 0.3) is 0 Å². The maximum Gasteiger partial charge on any atom is 0.0233 e. The fraction of sp³-hybridized carbons (Fsp3) is 0.400. The van der Waals surface area contributed by atoms with Gasteiger partial charge in [-0.15, -0.1) is 0 Å². The highest BCUT2D eigenvalue weighted by Crippen LogP contribution is 2.31. The number of piperidine rings is 1. The van der Waals surface area contributed by atoms with Crippen molar-refractivity contribution in [1.82, 2.24) is 4.90 Å². The van der Waals surface area contributed by atoms with Crippen molar-refractivity contribution in [3.63, 3.8) is 0 Å². The Bertz CT molecular complexity index is 553. The number of nitrogens with zero attached hydrogens (tertiary/aromatic N) is 1. The lowest BCUT2D eigenvalue weighted by atomic mass is 9.86. The molecule has 110 valence electrons. The highest BCUT2D eigenvalue weighted by Gasteiger charge is 2.21. The summed E-state index contributed by atoms with van der Waals surface area (Å²) in [6.45, 7) is 5.81. The molecule has 21 heavy (non-hydrogen) atoms. The van der Waals surface area contributed by atoms with E-state index in [2.05, 4.69) is 66.4 Å². The van der Waals surface area contributed by atoms with Gasteiger partial charge in [0.15, 0.2) is 0 Å². The minimum absolute atomic E-state index is 0.758. The normalized spacial score (nSPS) is 17.0. The van der Waals surface area contributed by atoms with E-state index < -0.39 is 0 Å². The van der Waals surface area contributed by atoms with Crippen molar-refractivity contribution in [1.29, 1.82) is 0 Å². The smallest absolute Gasteiger partial charge is 0.0233 e. The van der Waals surface area contributed by atoms with Crippen LogP contribution in [0.1, 0.15) is 42.4 Å². The third kappa shape index (κ3) is 3.54. The molecular formula is C20H25N. The van der Waals surface area contributed by atoms with Crippen LogP contribution >= 0.6 is 0 Å². The summed E-state index contributed by atoms with van der Waals surface area (Å²) in [5, 5.41) is 0. The first kappa shape index (κ1) is 14.3. The molecule has 1 heteroatoms. The molecule has 0 aliphatic carbocycles. The maximum absolute atomic E-state index is 2.60. The highest BCUT2D eigenvalue weighted by atomic mass is 15.1. The predicted octanol–water partition coefficient (Wildman–Crippen LogP) is 4.63. The average Bonchev–Trinajstić information content (AvgIpc) is 2.56. The summed E-state index contributed by atoms with van der Waals surface area (Å²) in [6.07, 6.45) is 3.74. The Morgan fingerprint density at radius 3 is 2.29 bits per heavy atom. The third-order valence-electron chi connectivity index (χ3n) is 4.71. The molecule has 1 aliphatic heterocycles. The van der Waals surface area contributed by atoms with Gasteiger partial charge < -0.3 is 0 Å². The van der Waals surface area contributed by atoms with Gasteiger partial charge in [0, 0.05) is 6.54 Å². The molecule has 0 atom stereocenters. The van der Waals surface area contributed by atoms with Crippen LogP contribution in [-0.2, 0) is 13.0 Å². The van der Waals surface area contributed by atoms with Crippen molar-refractivity contribution in [2.75, 3.05) is 13.1 Å². The second kappa shape index (κ2) is 6.91. The molecule has 0 amide bonds. The molecule has 2 aromatic carbocycles. The number of hydrogen-bond acceptors (Lipinski definition) is 1. The van der Waals surface area contributed by atoms with Crippen LogP contribution in [0.15, 0.2) is 54.6 Å². The zero-order valence-corrected chi connectivity index (χ0v) is 13.0. The Labute approximate surface area is 128 Å². The van der Waals surface area contributed by atoms with Crippen LogP contribution in [-0.4, -0.2) is 18.0 Å². The Morgan fingerprint density at radius 2 is 1.57 bits per heavy atom. The molecule has 1 fully saturated rings. The molecule has 1 heterocycles. The monoisotopic (exact) mass is 279 g/mol. The fourth-order valence-electron chi connectivity index (χ4n) is 3.50. The van der Waals surface area contributed by atoms with Gasteiger partial charge >= 0.3 is 0 Å². The Morgan fingerprint density at radius 1 is 0.905 bits per heavy atom. The van der Waals surface area contributed by atoms with Gasteiger partial charge in [-0.3, -0.25) is 4.90 Å². The zero-order chi connectivity index (χ0) is 14.5. The topological polar surface area (TPSA) is 3.24 Å². The molecule has 0 spiro atoms. The second-order valence-corrected chi connectivity index (χ2v) is 6.09. The number of likely N-dealkylation sites (tertiary alicyclic amines) is 1. The van der Waals surface area contributed by atoms with Crippen LogP contribution < -0.4 is 0 Å². The maximum atomic E-state index is 2.60. The molecular weight excluding hydrogens is 254 g/mol. The molecule has 0 saturated carbocycles. The van der Waals surface area contributed by atoms with E-state index in [1.807, 2.05) is 0 Å². The van der Waals surface area contributed by atoms with E-state index in [9.17, 15) is 0 Å². The molecule has 2 aromatic rings. The summed E-state index contributed by atoms with van der Waals surface area (Å²) in [7, 11) is 0. The van der Waals surface area contributed by atoms with Crippen LogP contribution in [0.5, 0.6) is 0 Å². The van der Waals surface area contributed by atoms with Crippen LogP contribution in [0.4, 0.5) is 0 Å². The molecule has 0 N–H and O–H groups in total. The van der Waals surface area contributed by atoms with Gasteiger partial charge in [-0.1, -0.05) is 61.5 Å². The SMILES string of the molecule is CCc1ccccc1C1CCN(Cc2ccccc2)CC1. The average molecular weight is 279 g/mol. The van der Waals surface area contributed by atoms with Gasteiger partial charge in [-0.05, 0) is 55.0 Å². The first-order valence-electron chi connectivity index (χ1n) is 8.21. The van der Waals surface area contributed by atoms with Crippen molar-refractivity contribution in [3.8, 4) is 0 Å². The molecule has 3 rings (SSSR count). The predicted molar refractivity (Wildman–Crippen MR) is 89.5 cm³/mol. The number of aryl methyl sites for hydroxylation is 1. The molecule has 0 aromatic heterocycles. The van der Waals surface area contributed by atoms with Crippen LogP contribution in [0, 0.1) is 0 Å². The van der Waals surface area contributed by atoms with Gasteiger partial charge in [0.1, 0.15) is 0 Å². The minimum Gasteiger partial charge on any atom is -0.299 e. The Hall–Kier alpha value is -1.60. The summed E-state index contributed by atoms with van der Waals surface area (Å²) in [6, 6.07) is 19.9. The summed E-state index contributed by atoms with van der Waals surface area (Å²) in [5.41, 5.74) is 4.57. The van der Waals surface area contributed by atoms with E-state index in [1.54, 1.807) is 11.1 Å². The van der Waals surface area contributed by atoms with E-state index in [4.69, 9.17) is 0 Å². The zero-order valence-electron chi connectivity index (χ0n) is 13.0. The van der Waals surface area contributed by atoms with E-state index in [0.717, 1.165) is 18.9 Å². The molecule has 0 radical (unpaired) electrons. The van der Waals surface area contributed by atoms with E-state index in [-0.39, 0.29) is 0 Å². The minimum atomic E-state index is 0.758. The molecule has 1 saturated heterocycles. The number of rotatable bonds is 4. The number of hydrogen-bond donors (Lipinski definition) is 0. The summed E-state index contributed by atoms with van der Waals surface area (Å²) in [5.74, 6) is 0.758. The van der Waals surface area contributed by atoms with E-state index >= 15 is 0 Å². The van der Waals surface area contributed by atoms with Crippen molar-refractivity contribution in [3.05, 3.63) is 71.3 Å². The van der Waals surface area contributed by atoms with Gasteiger partial charge in [0.05, 0.1) is 0 Å². The van der Waals surface area contributed by atoms with Crippen molar-refractivity contribution in [2.24, 2.45) is 0 Å². The highest BCUT2D eigenvalue weighted by molar-refractivity contribution is 5.30. The lowest BCUT2D eigenvalue weighted by molar-refractivity contribution is 0.204. The van der Waals surface area contributed by atoms with E-state index in [1.165, 1.54) is 31.5 Å². The second-order valence-electron chi connectivity index (χ2n) is 6.09. The van der Waals surface area contributed by atoms with Crippen molar-refractivity contribution >= 4 is 0 Å². The summed E-state index contributed by atoms with van der Waals surface area (Å²) < 4.78 is 0. The molecule has 0 bridgehead atoms.